The lowest BCUT2D eigenvalue weighted by Crippen LogP contribution is -2.23. The molecule has 5 aromatic carbocycles. The van der Waals surface area contributed by atoms with Gasteiger partial charge in [-0.05, 0) is 69.4 Å². The van der Waals surface area contributed by atoms with Gasteiger partial charge in [-0.15, -0.1) is 8.80 Å². The second-order valence-electron chi connectivity index (χ2n) is 7.86. The SMILES string of the molecule is O=S1(=O)N=c2c(c3cc(-c4ccc(Br)cc4)ccc3c3ccc(-c4ccc(Br)cc4)cc23)=N1. The van der Waals surface area contributed by atoms with Gasteiger partial charge in [0.05, 0.1) is 0 Å². The molecule has 160 valence electrons. The molecule has 0 radical (unpaired) electrons. The van der Waals surface area contributed by atoms with Gasteiger partial charge in [-0.2, -0.15) is 8.42 Å². The Kier molecular flexibility index (Phi) is 4.76. The van der Waals surface area contributed by atoms with Crippen molar-refractivity contribution in [3.63, 3.8) is 0 Å². The molecule has 0 amide bonds. The Hall–Kier alpha value is -2.87. The minimum absolute atomic E-state index is 0.407. The molecule has 33 heavy (non-hydrogen) atoms. The van der Waals surface area contributed by atoms with Crippen LogP contribution in [-0.4, -0.2) is 8.42 Å². The first-order valence-corrected chi connectivity index (χ1v) is 13.1. The molecule has 0 N–H and O–H groups in total. The number of hydrogen-bond donors (Lipinski definition) is 0. The summed E-state index contributed by atoms with van der Waals surface area (Å²) in [5, 5.41) is 4.26. The van der Waals surface area contributed by atoms with E-state index in [1.54, 1.807) is 0 Å². The number of halogens is 2. The molecule has 1 heterocycles. The Morgan fingerprint density at radius 2 is 0.848 bits per heavy atom. The summed E-state index contributed by atoms with van der Waals surface area (Å²) in [4.78, 5) is 0. The van der Waals surface area contributed by atoms with Gasteiger partial charge < -0.3 is 0 Å². The van der Waals surface area contributed by atoms with Crippen molar-refractivity contribution in [1.82, 2.24) is 0 Å². The molecular weight excluding hydrogens is 564 g/mol. The third kappa shape index (κ3) is 3.60. The van der Waals surface area contributed by atoms with Crippen molar-refractivity contribution in [3.05, 3.63) is 105 Å². The fourth-order valence-electron chi connectivity index (χ4n) is 4.28. The monoisotopic (exact) mass is 576 g/mol. The molecule has 0 fully saturated rings. The van der Waals surface area contributed by atoms with Crippen molar-refractivity contribution in [3.8, 4) is 22.3 Å². The highest BCUT2D eigenvalue weighted by Gasteiger charge is 2.19. The molecular formula is C26H14Br2N2O2S. The molecule has 0 saturated heterocycles. The summed E-state index contributed by atoms with van der Waals surface area (Å²) in [6.45, 7) is 0. The van der Waals surface area contributed by atoms with Crippen LogP contribution >= 0.6 is 31.9 Å². The third-order valence-corrected chi connectivity index (χ3v) is 7.72. The summed E-state index contributed by atoms with van der Waals surface area (Å²) in [7, 11) is -3.92. The van der Waals surface area contributed by atoms with Crippen LogP contribution in [0.15, 0.2) is 103 Å². The fraction of sp³-hybridized carbons (Fsp3) is 0. The molecule has 7 heteroatoms. The summed E-state index contributed by atoms with van der Waals surface area (Å²) < 4.78 is 34.9. The molecule has 0 spiro atoms. The van der Waals surface area contributed by atoms with Gasteiger partial charge in [-0.3, -0.25) is 0 Å². The molecule has 0 bridgehead atoms. The van der Waals surface area contributed by atoms with Crippen LogP contribution in [0.25, 0.3) is 43.8 Å². The van der Waals surface area contributed by atoms with Crippen LogP contribution in [0, 0.1) is 0 Å². The lowest BCUT2D eigenvalue weighted by Gasteiger charge is -2.09. The zero-order valence-electron chi connectivity index (χ0n) is 17.0. The number of benzene rings is 5. The summed E-state index contributed by atoms with van der Waals surface area (Å²) >= 11 is 6.94. The minimum Gasteiger partial charge on any atom is -0.179 e. The van der Waals surface area contributed by atoms with Crippen molar-refractivity contribution >= 4 is 63.6 Å². The second kappa shape index (κ2) is 7.58. The predicted molar refractivity (Wildman–Crippen MR) is 139 cm³/mol. The first kappa shape index (κ1) is 20.7. The van der Waals surface area contributed by atoms with E-state index >= 15 is 0 Å². The Bertz CT molecular complexity index is 1700. The Balaban J connectivity index is 1.68. The summed E-state index contributed by atoms with van der Waals surface area (Å²) in [5.74, 6) is 0. The molecule has 1 aliphatic rings. The Morgan fingerprint density at radius 1 is 0.485 bits per heavy atom. The van der Waals surface area contributed by atoms with Crippen LogP contribution < -0.4 is 10.7 Å². The molecule has 0 saturated carbocycles. The molecule has 4 nitrogen and oxygen atoms in total. The highest BCUT2D eigenvalue weighted by molar-refractivity contribution is 9.10. The van der Waals surface area contributed by atoms with Crippen LogP contribution in [0.1, 0.15) is 0 Å². The maximum absolute atomic E-state index is 12.4. The fourth-order valence-corrected chi connectivity index (χ4v) is 5.69. The minimum atomic E-state index is -3.92. The average Bonchev–Trinajstić information content (AvgIpc) is 3.15. The number of rotatable bonds is 2. The van der Waals surface area contributed by atoms with Gasteiger partial charge in [-0.25, -0.2) is 0 Å². The zero-order valence-corrected chi connectivity index (χ0v) is 20.9. The third-order valence-electron chi connectivity index (χ3n) is 5.83. The summed E-state index contributed by atoms with van der Waals surface area (Å²) in [5.41, 5.74) is 4.06. The highest BCUT2D eigenvalue weighted by atomic mass is 79.9. The van der Waals surface area contributed by atoms with Gasteiger partial charge in [0, 0.05) is 19.7 Å². The second-order valence-corrected chi connectivity index (χ2v) is 11.0. The van der Waals surface area contributed by atoms with Crippen molar-refractivity contribution in [2.45, 2.75) is 0 Å². The van der Waals surface area contributed by atoms with Crippen molar-refractivity contribution in [2.24, 2.45) is 8.80 Å². The maximum Gasteiger partial charge on any atom is 0.364 e. The number of fused-ring (bicyclic) bond motifs is 6. The van der Waals surface area contributed by atoms with E-state index < -0.39 is 10.2 Å². The van der Waals surface area contributed by atoms with E-state index in [1.165, 1.54) is 0 Å². The van der Waals surface area contributed by atoms with E-state index in [0.717, 1.165) is 52.7 Å². The van der Waals surface area contributed by atoms with Crippen LogP contribution in [-0.2, 0) is 10.2 Å². The molecule has 1 aliphatic heterocycles. The predicted octanol–water partition coefficient (Wildman–Crippen LogP) is 6.35. The van der Waals surface area contributed by atoms with E-state index in [-0.39, 0.29) is 0 Å². The number of nitrogens with zero attached hydrogens (tertiary/aromatic N) is 2. The summed E-state index contributed by atoms with van der Waals surface area (Å²) in [6.07, 6.45) is 0. The molecule has 0 aromatic heterocycles. The van der Waals surface area contributed by atoms with Gasteiger partial charge in [0.2, 0.25) is 0 Å². The molecule has 0 atom stereocenters. The lowest BCUT2D eigenvalue weighted by molar-refractivity contribution is 0.599. The van der Waals surface area contributed by atoms with Gasteiger partial charge in [-0.1, -0.05) is 80.4 Å². The summed E-state index contributed by atoms with van der Waals surface area (Å²) in [6, 6.07) is 28.2. The quantitative estimate of drug-likeness (QED) is 0.230. The van der Waals surface area contributed by atoms with Crippen LogP contribution in [0.4, 0.5) is 0 Å². The van der Waals surface area contributed by atoms with Gasteiger partial charge in [0.1, 0.15) is 10.7 Å². The zero-order chi connectivity index (χ0) is 22.7. The average molecular weight is 578 g/mol. The van der Waals surface area contributed by atoms with Gasteiger partial charge in [0.15, 0.2) is 0 Å². The van der Waals surface area contributed by atoms with Crippen LogP contribution in [0.5, 0.6) is 0 Å². The molecule has 0 unspecified atom stereocenters. The molecule has 6 rings (SSSR count). The Labute approximate surface area is 206 Å². The van der Waals surface area contributed by atoms with Crippen molar-refractivity contribution in [2.75, 3.05) is 0 Å². The first-order valence-electron chi connectivity index (χ1n) is 10.1. The highest BCUT2D eigenvalue weighted by Crippen LogP contribution is 2.31. The van der Waals surface area contributed by atoms with Crippen LogP contribution in [0.2, 0.25) is 0 Å². The molecule has 0 aliphatic carbocycles. The number of hydrogen-bond acceptors (Lipinski definition) is 2. The smallest absolute Gasteiger partial charge is 0.179 e. The van der Waals surface area contributed by atoms with Crippen molar-refractivity contribution < 1.29 is 8.42 Å². The van der Waals surface area contributed by atoms with E-state index in [1.807, 2.05) is 72.8 Å². The standard InChI is InChI=1S/C26H14Br2N2O2S/c27-19-7-1-15(2-8-19)17-5-11-21-22-12-6-18(16-3-9-20(28)10-4-16)14-24(22)26-25(23(21)13-17)29-33(31,32)30-26/h1-14H. The Morgan fingerprint density at radius 3 is 1.24 bits per heavy atom. The van der Waals surface area contributed by atoms with Crippen molar-refractivity contribution in [1.29, 1.82) is 0 Å². The normalized spacial score (nSPS) is 14.1. The van der Waals surface area contributed by atoms with Gasteiger partial charge in [0.25, 0.3) is 0 Å². The van der Waals surface area contributed by atoms with E-state index in [2.05, 4.69) is 52.8 Å². The maximum atomic E-state index is 12.4. The molecule has 5 aromatic rings. The van der Waals surface area contributed by atoms with E-state index in [0.29, 0.717) is 10.7 Å². The van der Waals surface area contributed by atoms with E-state index in [4.69, 9.17) is 0 Å². The topological polar surface area (TPSA) is 58.9 Å². The first-order chi connectivity index (χ1) is 15.9. The van der Waals surface area contributed by atoms with Crippen LogP contribution in [0.3, 0.4) is 0 Å². The lowest BCUT2D eigenvalue weighted by atomic mass is 9.94. The largest absolute Gasteiger partial charge is 0.364 e. The van der Waals surface area contributed by atoms with E-state index in [9.17, 15) is 8.42 Å². The van der Waals surface area contributed by atoms with Gasteiger partial charge >= 0.3 is 10.2 Å².